The van der Waals surface area contributed by atoms with E-state index in [0.29, 0.717) is 17.4 Å². The largest absolute Gasteiger partial charge is 0.426 e. The Morgan fingerprint density at radius 2 is 1.46 bits per heavy atom. The van der Waals surface area contributed by atoms with Crippen LogP contribution in [0, 0.1) is 24.7 Å². The molecule has 0 saturated heterocycles. The minimum atomic E-state index is -0.136. The zero-order chi connectivity index (χ0) is 18.5. The lowest BCUT2D eigenvalue weighted by Gasteiger charge is -2.24. The van der Waals surface area contributed by atoms with Crippen molar-refractivity contribution in [3.8, 4) is 11.5 Å². The van der Waals surface area contributed by atoms with E-state index in [0.717, 1.165) is 56.9 Å². The van der Waals surface area contributed by atoms with Crippen LogP contribution in [0.2, 0.25) is 0 Å². The quantitative estimate of drug-likeness (QED) is 0.547. The molecule has 1 aromatic rings. The number of carbonyl (C=O) groups is 2. The van der Waals surface area contributed by atoms with Crippen molar-refractivity contribution in [2.45, 2.75) is 71.6 Å². The molecule has 26 heavy (non-hydrogen) atoms. The molecule has 2 aliphatic rings. The van der Waals surface area contributed by atoms with Crippen molar-refractivity contribution in [1.82, 2.24) is 0 Å². The maximum Gasteiger partial charge on any atom is 0.314 e. The smallest absolute Gasteiger partial charge is 0.314 e. The van der Waals surface area contributed by atoms with Crippen LogP contribution in [0.15, 0.2) is 18.2 Å². The number of rotatable bonds is 4. The van der Waals surface area contributed by atoms with Crippen LogP contribution in [0.1, 0.15) is 70.3 Å². The zero-order valence-electron chi connectivity index (χ0n) is 16.0. The monoisotopic (exact) mass is 358 g/mol. The van der Waals surface area contributed by atoms with Crippen LogP contribution in [0.3, 0.4) is 0 Å². The molecule has 4 heteroatoms. The van der Waals surface area contributed by atoms with Crippen molar-refractivity contribution in [1.29, 1.82) is 0 Å². The fourth-order valence-electron chi connectivity index (χ4n) is 4.03. The first-order valence-electron chi connectivity index (χ1n) is 10.1. The molecule has 0 aromatic heterocycles. The number of aryl methyl sites for hydroxylation is 1. The summed E-state index contributed by atoms with van der Waals surface area (Å²) in [4.78, 5) is 24.7. The summed E-state index contributed by atoms with van der Waals surface area (Å²) in [6.07, 6.45) is 9.28. The van der Waals surface area contributed by atoms with Gasteiger partial charge in [0, 0.05) is 0 Å². The fourth-order valence-corrected chi connectivity index (χ4v) is 4.03. The highest BCUT2D eigenvalue weighted by Crippen LogP contribution is 2.31. The normalized spacial score (nSPS) is 24.1. The Hall–Kier alpha value is -1.84. The van der Waals surface area contributed by atoms with E-state index in [1.54, 1.807) is 18.2 Å². The van der Waals surface area contributed by atoms with Crippen molar-refractivity contribution in [2.75, 3.05) is 0 Å². The SMILES string of the molecule is Cc1cc(OC(=O)C2CCC(C)CC2)ccc1OC(=O)C1CCCCC1. The van der Waals surface area contributed by atoms with E-state index in [4.69, 9.17) is 9.47 Å². The Balaban J connectivity index is 1.56. The molecule has 1 aromatic carbocycles. The third kappa shape index (κ3) is 4.87. The van der Waals surface area contributed by atoms with E-state index in [2.05, 4.69) is 6.92 Å². The van der Waals surface area contributed by atoms with Gasteiger partial charge in [-0.25, -0.2) is 0 Å². The van der Waals surface area contributed by atoms with Crippen LogP contribution in [0.5, 0.6) is 11.5 Å². The maximum atomic E-state index is 12.3. The van der Waals surface area contributed by atoms with Gasteiger partial charge in [0.25, 0.3) is 0 Å². The molecule has 3 rings (SSSR count). The molecule has 0 aliphatic heterocycles. The molecule has 0 atom stereocenters. The average Bonchev–Trinajstić information content (AvgIpc) is 2.65. The molecule has 2 fully saturated rings. The summed E-state index contributed by atoms with van der Waals surface area (Å²) in [5.74, 6) is 1.57. The van der Waals surface area contributed by atoms with Gasteiger partial charge in [-0.3, -0.25) is 9.59 Å². The molecular formula is C22H30O4. The Morgan fingerprint density at radius 3 is 2.12 bits per heavy atom. The van der Waals surface area contributed by atoms with Crippen LogP contribution < -0.4 is 9.47 Å². The van der Waals surface area contributed by atoms with Crippen molar-refractivity contribution in [3.05, 3.63) is 23.8 Å². The van der Waals surface area contributed by atoms with Crippen molar-refractivity contribution in [2.24, 2.45) is 17.8 Å². The number of hydrogen-bond donors (Lipinski definition) is 0. The van der Waals surface area contributed by atoms with Crippen LogP contribution in [-0.2, 0) is 9.59 Å². The Labute approximate surface area is 156 Å². The average molecular weight is 358 g/mol. The number of hydrogen-bond acceptors (Lipinski definition) is 4. The summed E-state index contributed by atoms with van der Waals surface area (Å²) >= 11 is 0. The fraction of sp³-hybridized carbons (Fsp3) is 0.636. The molecule has 4 nitrogen and oxygen atoms in total. The summed E-state index contributed by atoms with van der Waals surface area (Å²) in [5, 5.41) is 0. The lowest BCUT2D eigenvalue weighted by atomic mass is 9.83. The molecule has 2 saturated carbocycles. The first-order valence-corrected chi connectivity index (χ1v) is 10.1. The molecule has 2 aliphatic carbocycles. The second-order valence-corrected chi connectivity index (χ2v) is 8.06. The lowest BCUT2D eigenvalue weighted by Crippen LogP contribution is -2.25. The zero-order valence-corrected chi connectivity index (χ0v) is 16.0. The Morgan fingerprint density at radius 1 is 0.846 bits per heavy atom. The summed E-state index contributed by atoms with van der Waals surface area (Å²) in [5.41, 5.74) is 0.816. The van der Waals surface area contributed by atoms with Crippen molar-refractivity contribution >= 4 is 11.9 Å². The lowest BCUT2D eigenvalue weighted by molar-refractivity contribution is -0.141. The van der Waals surface area contributed by atoms with E-state index in [-0.39, 0.29) is 23.8 Å². The van der Waals surface area contributed by atoms with Gasteiger partial charge < -0.3 is 9.47 Å². The number of esters is 2. The van der Waals surface area contributed by atoms with Gasteiger partial charge in [0.05, 0.1) is 11.8 Å². The number of benzene rings is 1. The van der Waals surface area contributed by atoms with Crippen LogP contribution in [0.25, 0.3) is 0 Å². The van der Waals surface area contributed by atoms with E-state index >= 15 is 0 Å². The van der Waals surface area contributed by atoms with E-state index in [1.165, 1.54) is 6.42 Å². The molecule has 0 unspecified atom stereocenters. The standard InChI is InChI=1S/C22H30O4/c1-15-8-10-18(11-9-15)21(23)25-19-12-13-20(16(2)14-19)26-22(24)17-6-4-3-5-7-17/h12-15,17-18H,3-11H2,1-2H3. The van der Waals surface area contributed by atoms with Gasteiger partial charge in [0.1, 0.15) is 11.5 Å². The van der Waals surface area contributed by atoms with Crippen LogP contribution in [-0.4, -0.2) is 11.9 Å². The summed E-state index contributed by atoms with van der Waals surface area (Å²) < 4.78 is 11.2. The molecule has 0 bridgehead atoms. The van der Waals surface area contributed by atoms with E-state index in [9.17, 15) is 9.59 Å². The summed E-state index contributed by atoms with van der Waals surface area (Å²) in [6.45, 7) is 4.11. The first kappa shape index (κ1) is 18.9. The predicted molar refractivity (Wildman–Crippen MR) is 100 cm³/mol. The number of ether oxygens (including phenoxy) is 2. The topological polar surface area (TPSA) is 52.6 Å². The highest BCUT2D eigenvalue weighted by molar-refractivity contribution is 5.76. The van der Waals surface area contributed by atoms with Gasteiger partial charge in [-0.15, -0.1) is 0 Å². The van der Waals surface area contributed by atoms with Gasteiger partial charge >= 0.3 is 11.9 Å². The highest BCUT2D eigenvalue weighted by atomic mass is 16.5. The summed E-state index contributed by atoms with van der Waals surface area (Å²) in [7, 11) is 0. The van der Waals surface area contributed by atoms with Crippen molar-refractivity contribution in [3.63, 3.8) is 0 Å². The second-order valence-electron chi connectivity index (χ2n) is 8.06. The van der Waals surface area contributed by atoms with Gasteiger partial charge in [-0.2, -0.15) is 0 Å². The Kier molecular flexibility index (Phi) is 6.33. The first-order chi connectivity index (χ1) is 12.5. The van der Waals surface area contributed by atoms with Crippen LogP contribution >= 0.6 is 0 Å². The molecule has 0 amide bonds. The maximum absolute atomic E-state index is 12.3. The van der Waals surface area contributed by atoms with Crippen LogP contribution in [0.4, 0.5) is 0 Å². The van der Waals surface area contributed by atoms with E-state index in [1.807, 2.05) is 6.92 Å². The van der Waals surface area contributed by atoms with E-state index < -0.39 is 0 Å². The highest BCUT2D eigenvalue weighted by Gasteiger charge is 2.26. The second kappa shape index (κ2) is 8.70. The molecular weight excluding hydrogens is 328 g/mol. The minimum absolute atomic E-state index is 0.00955. The van der Waals surface area contributed by atoms with Gasteiger partial charge in [-0.1, -0.05) is 26.2 Å². The molecule has 0 radical (unpaired) electrons. The minimum Gasteiger partial charge on any atom is -0.426 e. The van der Waals surface area contributed by atoms with Gasteiger partial charge in [0.15, 0.2) is 0 Å². The third-order valence-electron chi connectivity index (χ3n) is 5.86. The molecule has 142 valence electrons. The van der Waals surface area contributed by atoms with Gasteiger partial charge in [-0.05, 0) is 75.1 Å². The number of carbonyl (C=O) groups excluding carboxylic acids is 2. The predicted octanol–water partition coefficient (Wildman–Crippen LogP) is 5.21. The van der Waals surface area contributed by atoms with Gasteiger partial charge in [0.2, 0.25) is 0 Å². The molecule has 0 N–H and O–H groups in total. The third-order valence-corrected chi connectivity index (χ3v) is 5.86. The molecule has 0 spiro atoms. The Bertz CT molecular complexity index is 638. The van der Waals surface area contributed by atoms with Crippen molar-refractivity contribution < 1.29 is 19.1 Å². The summed E-state index contributed by atoms with van der Waals surface area (Å²) in [6, 6.07) is 5.24. The molecule has 0 heterocycles.